The van der Waals surface area contributed by atoms with Gasteiger partial charge in [0.15, 0.2) is 0 Å². The van der Waals surface area contributed by atoms with E-state index in [1.54, 1.807) is 0 Å². The Bertz CT molecular complexity index is 495. The largest absolute Gasteiger partial charge is 0.375 e. The summed E-state index contributed by atoms with van der Waals surface area (Å²) in [5.41, 5.74) is 2.93. The Kier molecular flexibility index (Phi) is 4.99. The Morgan fingerprint density at radius 1 is 1.45 bits per heavy atom. The van der Waals surface area contributed by atoms with E-state index in [2.05, 4.69) is 49.2 Å². The van der Waals surface area contributed by atoms with E-state index in [1.165, 1.54) is 0 Å². The first-order valence-corrected chi connectivity index (χ1v) is 7.27. The van der Waals surface area contributed by atoms with E-state index in [1.807, 2.05) is 6.07 Å². The van der Waals surface area contributed by atoms with Crippen LogP contribution in [0, 0.1) is 11.3 Å². The van der Waals surface area contributed by atoms with Crippen LogP contribution in [0.4, 0.5) is 5.69 Å². The highest BCUT2D eigenvalue weighted by atomic mass is 16.5. The summed E-state index contributed by atoms with van der Waals surface area (Å²) in [5.74, 6) is 0. The van der Waals surface area contributed by atoms with Gasteiger partial charge in [-0.3, -0.25) is 0 Å². The summed E-state index contributed by atoms with van der Waals surface area (Å²) in [7, 11) is 0. The molecular formula is C16H23N3O. The van der Waals surface area contributed by atoms with Gasteiger partial charge in [0.2, 0.25) is 0 Å². The van der Waals surface area contributed by atoms with Crippen LogP contribution in [0.25, 0.3) is 0 Å². The van der Waals surface area contributed by atoms with E-state index in [0.717, 1.165) is 36.4 Å². The fourth-order valence-electron chi connectivity index (χ4n) is 2.54. The molecule has 4 nitrogen and oxygen atoms in total. The third-order valence-electron chi connectivity index (χ3n) is 3.68. The smallest absolute Gasteiger partial charge is 0.101 e. The van der Waals surface area contributed by atoms with Crippen LogP contribution in [-0.4, -0.2) is 31.8 Å². The van der Waals surface area contributed by atoms with Crippen molar-refractivity contribution in [3.05, 3.63) is 29.3 Å². The minimum absolute atomic E-state index is 0.208. The first-order valence-electron chi connectivity index (χ1n) is 7.27. The molecule has 1 aliphatic heterocycles. The summed E-state index contributed by atoms with van der Waals surface area (Å²) in [6.45, 7) is 9.58. The standard InChI is InChI=1S/C16H23N3O/c1-4-18-9-14-5-6-16(15(7-14)8-17)19-10-13(3)20-11-12(19)2/h5-7,12-13,18H,4,9-11H2,1-3H3. The zero-order chi connectivity index (χ0) is 14.5. The Balaban J connectivity index is 2.24. The maximum Gasteiger partial charge on any atom is 0.101 e. The van der Waals surface area contributed by atoms with Gasteiger partial charge in [-0.15, -0.1) is 0 Å². The fraction of sp³-hybridized carbons (Fsp3) is 0.562. The number of hydrogen-bond acceptors (Lipinski definition) is 4. The van der Waals surface area contributed by atoms with Crippen molar-refractivity contribution in [2.24, 2.45) is 0 Å². The SMILES string of the molecule is CCNCc1ccc(N2CC(C)OCC2C)c(C#N)c1. The van der Waals surface area contributed by atoms with Gasteiger partial charge >= 0.3 is 0 Å². The third kappa shape index (κ3) is 3.30. The molecule has 1 aromatic carbocycles. The molecule has 2 atom stereocenters. The summed E-state index contributed by atoms with van der Waals surface area (Å²) in [4.78, 5) is 2.28. The van der Waals surface area contributed by atoms with Crippen LogP contribution >= 0.6 is 0 Å². The molecule has 108 valence electrons. The molecule has 1 aliphatic rings. The number of nitriles is 1. The number of rotatable bonds is 4. The topological polar surface area (TPSA) is 48.3 Å². The van der Waals surface area contributed by atoms with Crippen LogP contribution in [0.15, 0.2) is 18.2 Å². The number of morpholine rings is 1. The van der Waals surface area contributed by atoms with Crippen molar-refractivity contribution in [1.29, 1.82) is 5.26 Å². The Morgan fingerprint density at radius 2 is 2.25 bits per heavy atom. The highest BCUT2D eigenvalue weighted by Crippen LogP contribution is 2.26. The van der Waals surface area contributed by atoms with Gasteiger partial charge in [-0.1, -0.05) is 13.0 Å². The molecule has 1 heterocycles. The van der Waals surface area contributed by atoms with Crippen molar-refractivity contribution in [2.75, 3.05) is 24.6 Å². The van der Waals surface area contributed by atoms with Crippen molar-refractivity contribution < 1.29 is 4.74 Å². The highest BCUT2D eigenvalue weighted by molar-refractivity contribution is 5.61. The average molecular weight is 273 g/mol. The normalized spacial score (nSPS) is 22.6. The predicted octanol–water partition coefficient (Wildman–Crippen LogP) is 2.28. The number of benzene rings is 1. The maximum absolute atomic E-state index is 9.42. The summed E-state index contributed by atoms with van der Waals surface area (Å²) < 4.78 is 5.66. The lowest BCUT2D eigenvalue weighted by Gasteiger charge is -2.39. The monoisotopic (exact) mass is 273 g/mol. The number of nitrogens with zero attached hydrogens (tertiary/aromatic N) is 2. The van der Waals surface area contributed by atoms with Crippen molar-refractivity contribution >= 4 is 5.69 Å². The molecule has 4 heteroatoms. The van der Waals surface area contributed by atoms with E-state index >= 15 is 0 Å². The van der Waals surface area contributed by atoms with Crippen molar-refractivity contribution in [2.45, 2.75) is 39.5 Å². The van der Waals surface area contributed by atoms with Crippen LogP contribution in [0.2, 0.25) is 0 Å². The summed E-state index contributed by atoms with van der Waals surface area (Å²) in [6, 6.07) is 8.80. The molecular weight excluding hydrogens is 250 g/mol. The van der Waals surface area contributed by atoms with E-state index in [4.69, 9.17) is 4.74 Å². The molecule has 1 N–H and O–H groups in total. The summed E-state index contributed by atoms with van der Waals surface area (Å²) in [6.07, 6.45) is 0.208. The van der Waals surface area contributed by atoms with Crippen LogP contribution in [0.5, 0.6) is 0 Å². The van der Waals surface area contributed by atoms with Gasteiger partial charge in [-0.05, 0) is 38.1 Å². The van der Waals surface area contributed by atoms with E-state index in [0.29, 0.717) is 12.6 Å². The molecule has 0 spiro atoms. The van der Waals surface area contributed by atoms with Gasteiger partial charge in [-0.2, -0.15) is 5.26 Å². The van der Waals surface area contributed by atoms with E-state index < -0.39 is 0 Å². The van der Waals surface area contributed by atoms with E-state index in [-0.39, 0.29) is 6.10 Å². The van der Waals surface area contributed by atoms with Gasteiger partial charge in [-0.25, -0.2) is 0 Å². The molecule has 0 aliphatic carbocycles. The maximum atomic E-state index is 9.42. The van der Waals surface area contributed by atoms with Gasteiger partial charge < -0.3 is 15.0 Å². The highest BCUT2D eigenvalue weighted by Gasteiger charge is 2.25. The fourth-order valence-corrected chi connectivity index (χ4v) is 2.54. The van der Waals surface area contributed by atoms with Crippen LogP contribution in [0.3, 0.4) is 0 Å². The van der Waals surface area contributed by atoms with Crippen LogP contribution in [0.1, 0.15) is 31.9 Å². The van der Waals surface area contributed by atoms with Gasteiger partial charge in [0.1, 0.15) is 6.07 Å². The number of anilines is 1. The van der Waals surface area contributed by atoms with Gasteiger partial charge in [0, 0.05) is 19.1 Å². The summed E-state index contributed by atoms with van der Waals surface area (Å²) in [5, 5.41) is 12.7. The van der Waals surface area contributed by atoms with Crippen molar-refractivity contribution in [1.82, 2.24) is 5.32 Å². The molecule has 20 heavy (non-hydrogen) atoms. The lowest BCUT2D eigenvalue weighted by molar-refractivity contribution is 0.0343. The predicted molar refractivity (Wildman–Crippen MR) is 80.8 cm³/mol. The Labute approximate surface area is 121 Å². The molecule has 0 saturated carbocycles. The second-order valence-corrected chi connectivity index (χ2v) is 5.39. The minimum Gasteiger partial charge on any atom is -0.375 e. The number of hydrogen-bond donors (Lipinski definition) is 1. The summed E-state index contributed by atoms with van der Waals surface area (Å²) >= 11 is 0. The number of nitrogens with one attached hydrogen (secondary N) is 1. The molecule has 0 aromatic heterocycles. The molecule has 2 unspecified atom stereocenters. The lowest BCUT2D eigenvalue weighted by atomic mass is 10.1. The second kappa shape index (κ2) is 6.74. The second-order valence-electron chi connectivity index (χ2n) is 5.39. The van der Waals surface area contributed by atoms with Crippen LogP contribution < -0.4 is 10.2 Å². The molecule has 1 fully saturated rings. The average Bonchev–Trinajstić information content (AvgIpc) is 2.47. The first-order chi connectivity index (χ1) is 9.65. The molecule has 0 bridgehead atoms. The van der Waals surface area contributed by atoms with Crippen molar-refractivity contribution in [3.63, 3.8) is 0 Å². The molecule has 1 aromatic rings. The van der Waals surface area contributed by atoms with E-state index in [9.17, 15) is 5.26 Å². The lowest BCUT2D eigenvalue weighted by Crippen LogP contribution is -2.47. The van der Waals surface area contributed by atoms with Gasteiger partial charge in [0.05, 0.1) is 24.0 Å². The first kappa shape index (κ1) is 14.8. The Hall–Kier alpha value is -1.57. The van der Waals surface area contributed by atoms with Crippen molar-refractivity contribution in [3.8, 4) is 6.07 Å². The molecule has 2 rings (SSSR count). The Morgan fingerprint density at radius 3 is 2.95 bits per heavy atom. The quantitative estimate of drug-likeness (QED) is 0.914. The molecule has 1 saturated heterocycles. The zero-order valence-electron chi connectivity index (χ0n) is 12.5. The van der Waals surface area contributed by atoms with Crippen LogP contribution in [-0.2, 0) is 11.3 Å². The third-order valence-corrected chi connectivity index (χ3v) is 3.68. The number of ether oxygens (including phenoxy) is 1. The zero-order valence-corrected chi connectivity index (χ0v) is 12.5. The minimum atomic E-state index is 0.208. The van der Waals surface area contributed by atoms with Gasteiger partial charge in [0.25, 0.3) is 0 Å². The molecule has 0 radical (unpaired) electrons. The molecule has 0 amide bonds.